The number of hydrogen-bond acceptors (Lipinski definition) is 7. The molecule has 6 aromatic rings. The van der Waals surface area contributed by atoms with Crippen LogP contribution in [-0.2, 0) is 24.6 Å². The zero-order valence-electron chi connectivity index (χ0n) is 34.2. The Balaban J connectivity index is 1.09. The molecule has 2 amide bonds. The standard InChI is InChI=1S/C54H43NO7/c1-61-38-24-28-46(62-2)35(29-38)20-17-32-18-22-37(23-19-32)55-52(59)41-26-25-40-43(48(41)53(55)60)30-44-51(58)42(33-11-5-3-6-12-33)31-47(57)54(44,36-14-7-4-8-15-36)50(40)49-39-16-10-9-13-34(39)21-27-45(49)56/h3-25,27-29,31,41,43-44,48,50,56H,26,30H2,1-2H3. The van der Waals surface area contributed by atoms with Gasteiger partial charge in [-0.3, -0.25) is 24.1 Å². The lowest BCUT2D eigenvalue weighted by Crippen LogP contribution is -2.58. The Morgan fingerprint density at radius 1 is 0.726 bits per heavy atom. The zero-order valence-corrected chi connectivity index (χ0v) is 34.2. The number of nitrogens with zero attached hydrogens (tertiary/aromatic N) is 1. The second-order valence-corrected chi connectivity index (χ2v) is 16.6. The van der Waals surface area contributed by atoms with Crippen molar-refractivity contribution in [1.82, 2.24) is 0 Å². The molecule has 6 atom stereocenters. The molecule has 1 saturated heterocycles. The summed E-state index contributed by atoms with van der Waals surface area (Å²) >= 11 is 0. The summed E-state index contributed by atoms with van der Waals surface area (Å²) in [5.41, 5.74) is 3.64. The van der Waals surface area contributed by atoms with Crippen LogP contribution in [0.5, 0.6) is 17.2 Å². The number of carbonyl (C=O) groups is 4. The Morgan fingerprint density at radius 3 is 2.19 bits per heavy atom. The van der Waals surface area contributed by atoms with Gasteiger partial charge >= 0.3 is 0 Å². The van der Waals surface area contributed by atoms with Crippen LogP contribution in [0.15, 0.2) is 157 Å². The Bertz CT molecular complexity index is 2900. The smallest absolute Gasteiger partial charge is 0.238 e. The third-order valence-electron chi connectivity index (χ3n) is 13.7. The van der Waals surface area contributed by atoms with Crippen molar-refractivity contribution in [2.24, 2.45) is 23.7 Å². The SMILES string of the molecule is COc1ccc(OC)c(C=Cc2ccc(N3C(=O)C4CC=C5C(CC6C(=O)C(c7ccccc7)=CC(=O)C6(c6ccccc6)C5c5c(O)ccc6ccccc56)C4C3=O)cc2)c1. The highest BCUT2D eigenvalue weighted by atomic mass is 16.5. The summed E-state index contributed by atoms with van der Waals surface area (Å²) in [6, 6.07) is 42.7. The van der Waals surface area contributed by atoms with E-state index in [-0.39, 0.29) is 42.0 Å². The van der Waals surface area contributed by atoms with Crippen molar-refractivity contribution in [3.05, 3.63) is 185 Å². The fourth-order valence-electron chi connectivity index (χ4n) is 10.9. The normalized spacial score (nSPS) is 24.4. The summed E-state index contributed by atoms with van der Waals surface area (Å²) in [5, 5.41) is 13.7. The summed E-state index contributed by atoms with van der Waals surface area (Å²) in [6.07, 6.45) is 7.81. The molecular formula is C54H43NO7. The molecule has 3 aliphatic carbocycles. The quantitative estimate of drug-likeness (QED) is 0.0926. The summed E-state index contributed by atoms with van der Waals surface area (Å²) < 4.78 is 10.9. The van der Waals surface area contributed by atoms with Crippen LogP contribution in [0.2, 0.25) is 0 Å². The van der Waals surface area contributed by atoms with Gasteiger partial charge in [-0.05, 0) is 88.7 Å². The number of carbonyl (C=O) groups excluding carboxylic acids is 4. The second-order valence-electron chi connectivity index (χ2n) is 16.6. The molecule has 1 saturated carbocycles. The molecule has 1 N–H and O–H groups in total. The highest BCUT2D eigenvalue weighted by molar-refractivity contribution is 6.32. The highest BCUT2D eigenvalue weighted by Crippen LogP contribution is 2.65. The van der Waals surface area contributed by atoms with Crippen molar-refractivity contribution >= 4 is 57.6 Å². The molecule has 62 heavy (non-hydrogen) atoms. The number of fused-ring (bicyclic) bond motifs is 5. The monoisotopic (exact) mass is 817 g/mol. The molecule has 0 bridgehead atoms. The van der Waals surface area contributed by atoms with E-state index in [1.165, 1.54) is 11.0 Å². The zero-order chi connectivity index (χ0) is 42.7. The molecular weight excluding hydrogens is 775 g/mol. The first-order valence-corrected chi connectivity index (χ1v) is 20.9. The Kier molecular flexibility index (Phi) is 9.59. The summed E-state index contributed by atoms with van der Waals surface area (Å²) in [6.45, 7) is 0. The number of phenolic OH excluding ortho intramolecular Hbond substituents is 1. The second kappa shape index (κ2) is 15.3. The van der Waals surface area contributed by atoms with Crippen molar-refractivity contribution in [2.75, 3.05) is 19.1 Å². The molecule has 8 heteroatoms. The van der Waals surface area contributed by atoms with Gasteiger partial charge in [-0.15, -0.1) is 0 Å². The topological polar surface area (TPSA) is 110 Å². The van der Waals surface area contributed by atoms with Gasteiger partial charge in [-0.1, -0.05) is 127 Å². The first kappa shape index (κ1) is 38.9. The third-order valence-corrected chi connectivity index (χ3v) is 13.7. The lowest BCUT2D eigenvalue weighted by atomic mass is 9.44. The fourth-order valence-corrected chi connectivity index (χ4v) is 10.9. The van der Waals surface area contributed by atoms with Gasteiger partial charge in [-0.25, -0.2) is 0 Å². The predicted octanol–water partition coefficient (Wildman–Crippen LogP) is 9.76. The van der Waals surface area contributed by atoms with Crippen LogP contribution in [0.4, 0.5) is 5.69 Å². The average Bonchev–Trinajstić information content (AvgIpc) is 3.57. The van der Waals surface area contributed by atoms with Crippen LogP contribution in [0.25, 0.3) is 28.5 Å². The Labute approximate surface area is 359 Å². The van der Waals surface area contributed by atoms with E-state index >= 15 is 14.4 Å². The number of benzene rings is 6. The number of allylic oxidation sites excluding steroid dienone is 4. The van der Waals surface area contributed by atoms with Crippen LogP contribution in [-0.4, -0.2) is 42.7 Å². The van der Waals surface area contributed by atoms with Crippen LogP contribution in [0.3, 0.4) is 0 Å². The Morgan fingerprint density at radius 2 is 1.45 bits per heavy atom. The number of Topliss-reactive ketones (excluding diaryl/α,β-unsaturated/α-hetero) is 1. The largest absolute Gasteiger partial charge is 0.508 e. The van der Waals surface area contributed by atoms with Crippen molar-refractivity contribution < 1.29 is 33.8 Å². The number of phenols is 1. The van der Waals surface area contributed by atoms with Crippen LogP contribution in [0.1, 0.15) is 46.6 Å². The van der Waals surface area contributed by atoms with Gasteiger partial charge in [-0.2, -0.15) is 0 Å². The first-order chi connectivity index (χ1) is 30.2. The molecule has 2 fully saturated rings. The lowest BCUT2D eigenvalue weighted by molar-refractivity contribution is -0.135. The maximum atomic E-state index is 15.5. The van der Waals surface area contributed by atoms with E-state index in [1.54, 1.807) is 32.4 Å². The molecule has 0 spiro atoms. The number of amides is 2. The van der Waals surface area contributed by atoms with Crippen molar-refractivity contribution in [1.29, 1.82) is 0 Å². The van der Waals surface area contributed by atoms with Gasteiger partial charge in [0.15, 0.2) is 11.6 Å². The third kappa shape index (κ3) is 5.96. The minimum Gasteiger partial charge on any atom is -0.508 e. The summed E-state index contributed by atoms with van der Waals surface area (Å²) in [4.78, 5) is 61.7. The van der Waals surface area contributed by atoms with E-state index in [9.17, 15) is 9.90 Å². The maximum Gasteiger partial charge on any atom is 0.238 e. The Hall–Kier alpha value is -7.32. The van der Waals surface area contributed by atoms with Crippen molar-refractivity contribution in [2.45, 2.75) is 24.2 Å². The van der Waals surface area contributed by atoms with E-state index in [0.717, 1.165) is 27.5 Å². The molecule has 6 unspecified atom stereocenters. The lowest BCUT2D eigenvalue weighted by Gasteiger charge is -2.55. The number of ketones is 2. The molecule has 306 valence electrons. The molecule has 1 aliphatic heterocycles. The van der Waals surface area contributed by atoms with E-state index in [4.69, 9.17) is 9.47 Å². The van der Waals surface area contributed by atoms with Gasteiger partial charge in [0.05, 0.1) is 37.2 Å². The summed E-state index contributed by atoms with van der Waals surface area (Å²) in [7, 11) is 3.22. The van der Waals surface area contributed by atoms with Crippen molar-refractivity contribution in [3.8, 4) is 17.2 Å². The predicted molar refractivity (Wildman–Crippen MR) is 240 cm³/mol. The number of imide groups is 1. The minimum absolute atomic E-state index is 0.000971. The van der Waals surface area contributed by atoms with Gasteiger partial charge in [0, 0.05) is 28.5 Å². The van der Waals surface area contributed by atoms with Crippen LogP contribution >= 0.6 is 0 Å². The molecule has 1 heterocycles. The molecule has 4 aliphatic rings. The van der Waals surface area contributed by atoms with Crippen molar-refractivity contribution in [3.63, 3.8) is 0 Å². The van der Waals surface area contributed by atoms with Gasteiger partial charge in [0.25, 0.3) is 0 Å². The van der Waals surface area contributed by atoms with Gasteiger partial charge in [0.1, 0.15) is 17.2 Å². The van der Waals surface area contributed by atoms with E-state index in [0.29, 0.717) is 39.4 Å². The average molecular weight is 818 g/mol. The van der Waals surface area contributed by atoms with E-state index < -0.39 is 35.0 Å². The maximum absolute atomic E-state index is 15.5. The van der Waals surface area contributed by atoms with Crippen LogP contribution < -0.4 is 14.4 Å². The van der Waals surface area contributed by atoms with E-state index in [1.807, 2.05) is 140 Å². The summed E-state index contributed by atoms with van der Waals surface area (Å²) in [5.74, 6) is -3.46. The molecule has 0 aromatic heterocycles. The van der Waals surface area contributed by atoms with Crippen LogP contribution in [0, 0.1) is 23.7 Å². The fraction of sp³-hybridized carbons (Fsp3) is 0.185. The number of aromatic hydroxyl groups is 1. The number of rotatable bonds is 8. The molecule has 6 aromatic carbocycles. The molecule has 10 rings (SSSR count). The molecule has 8 nitrogen and oxygen atoms in total. The minimum atomic E-state index is -1.46. The number of anilines is 1. The van der Waals surface area contributed by atoms with E-state index in [2.05, 4.69) is 0 Å². The molecule has 0 radical (unpaired) electrons. The highest BCUT2D eigenvalue weighted by Gasteiger charge is 2.66. The number of ether oxygens (including phenoxy) is 2. The number of hydrogen-bond donors (Lipinski definition) is 1. The number of methoxy groups -OCH3 is 2. The van der Waals surface area contributed by atoms with Gasteiger partial charge in [0.2, 0.25) is 11.8 Å². The van der Waals surface area contributed by atoms with Gasteiger partial charge < -0.3 is 14.6 Å². The first-order valence-electron chi connectivity index (χ1n) is 20.9.